The molecule has 1 aliphatic rings. The third-order valence-corrected chi connectivity index (χ3v) is 7.80. The van der Waals surface area contributed by atoms with Gasteiger partial charge in [0.1, 0.15) is 16.6 Å². The molecular weight excluding hydrogens is 499 g/mol. The summed E-state index contributed by atoms with van der Waals surface area (Å²) in [5, 5.41) is 6.88. The third kappa shape index (κ3) is 4.16. The molecule has 0 fully saturated rings. The first-order valence-corrected chi connectivity index (χ1v) is 13.2. The molecule has 1 atom stereocenters. The van der Waals surface area contributed by atoms with Crippen molar-refractivity contribution in [3.63, 3.8) is 0 Å². The molecule has 0 saturated carbocycles. The minimum absolute atomic E-state index is 0.102. The predicted octanol–water partition coefficient (Wildman–Crippen LogP) is 7.38. The second-order valence-electron chi connectivity index (χ2n) is 9.39. The Hall–Kier alpha value is -4.30. The summed E-state index contributed by atoms with van der Waals surface area (Å²) >= 11 is 1.49. The van der Waals surface area contributed by atoms with Crippen LogP contribution in [0, 0.1) is 19.7 Å². The molecule has 5 aromatic rings. The molecule has 6 nitrogen and oxygen atoms in total. The van der Waals surface area contributed by atoms with E-state index in [1.54, 1.807) is 24.1 Å². The van der Waals surface area contributed by atoms with Crippen molar-refractivity contribution >= 4 is 23.1 Å². The van der Waals surface area contributed by atoms with E-state index in [0.717, 1.165) is 55.7 Å². The van der Waals surface area contributed by atoms with E-state index in [2.05, 4.69) is 23.4 Å². The summed E-state index contributed by atoms with van der Waals surface area (Å²) in [6, 6.07) is 22.1. The Labute approximate surface area is 224 Å². The molecular formula is C30H25FN4O2S. The van der Waals surface area contributed by atoms with Crippen LogP contribution in [0.15, 0.2) is 82.7 Å². The van der Waals surface area contributed by atoms with Gasteiger partial charge in [0.25, 0.3) is 0 Å². The Bertz CT molecular complexity index is 1610. The maximum Gasteiger partial charge on any atom is 0.325 e. The fraction of sp³-hybridized carbons (Fsp3) is 0.167. The molecule has 1 unspecified atom stereocenters. The van der Waals surface area contributed by atoms with Gasteiger partial charge in [0, 0.05) is 29.1 Å². The van der Waals surface area contributed by atoms with Crippen LogP contribution < -0.4 is 4.90 Å². The van der Waals surface area contributed by atoms with Crippen molar-refractivity contribution in [2.75, 3.05) is 11.9 Å². The van der Waals surface area contributed by atoms with E-state index in [1.165, 1.54) is 23.5 Å². The zero-order chi connectivity index (χ0) is 26.4. The lowest BCUT2D eigenvalue weighted by atomic mass is 9.90. The normalized spacial score (nSPS) is 15.2. The lowest BCUT2D eigenvalue weighted by molar-refractivity contribution is 0.184. The molecule has 1 aliphatic heterocycles. The molecule has 0 radical (unpaired) electrons. The standard InChI is InChI=1S/C30H25FN4O2S/c1-18-28(19(2)37-33-18)22-11-14-26-24(15-22)29(21-7-5-4-6-8-21)35(30(36)34(26)3)16-27-32-25(17-38-27)20-9-12-23(31)13-10-20/h4-15,17,29H,16H2,1-3H3. The largest absolute Gasteiger partial charge is 0.361 e. The number of carbonyl (C=O) groups excluding carboxylic acids is 1. The maximum absolute atomic E-state index is 13.8. The van der Waals surface area contributed by atoms with Gasteiger partial charge in [0.05, 0.1) is 29.7 Å². The van der Waals surface area contributed by atoms with Gasteiger partial charge in [-0.05, 0) is 61.4 Å². The number of amides is 2. The van der Waals surface area contributed by atoms with Gasteiger partial charge in [-0.2, -0.15) is 0 Å². The van der Waals surface area contributed by atoms with Gasteiger partial charge in [-0.15, -0.1) is 11.3 Å². The highest BCUT2D eigenvalue weighted by Gasteiger charge is 2.38. The van der Waals surface area contributed by atoms with Gasteiger partial charge in [-0.3, -0.25) is 4.90 Å². The predicted molar refractivity (Wildman–Crippen MR) is 147 cm³/mol. The number of hydrogen-bond donors (Lipinski definition) is 0. The molecule has 0 aliphatic carbocycles. The first kappa shape index (κ1) is 24.1. The highest BCUT2D eigenvalue weighted by molar-refractivity contribution is 7.09. The SMILES string of the molecule is Cc1noc(C)c1-c1ccc2c(c1)C(c1ccccc1)N(Cc1nc(-c3ccc(F)cc3)cs1)C(=O)N2C. The van der Waals surface area contributed by atoms with Crippen molar-refractivity contribution in [2.24, 2.45) is 0 Å². The van der Waals surface area contributed by atoms with E-state index in [0.29, 0.717) is 6.54 Å². The number of anilines is 1. The summed E-state index contributed by atoms with van der Waals surface area (Å²) in [6.07, 6.45) is 0. The van der Waals surface area contributed by atoms with E-state index >= 15 is 0 Å². The van der Waals surface area contributed by atoms with Crippen molar-refractivity contribution in [3.05, 3.63) is 112 Å². The molecule has 0 spiro atoms. The van der Waals surface area contributed by atoms with E-state index in [1.807, 2.05) is 54.5 Å². The maximum atomic E-state index is 13.8. The van der Waals surface area contributed by atoms with E-state index in [-0.39, 0.29) is 17.9 Å². The van der Waals surface area contributed by atoms with E-state index in [4.69, 9.17) is 9.51 Å². The highest BCUT2D eigenvalue weighted by atomic mass is 32.1. The first-order chi connectivity index (χ1) is 18.4. The fourth-order valence-corrected chi connectivity index (χ4v) is 5.94. The number of urea groups is 1. The summed E-state index contributed by atoms with van der Waals surface area (Å²) in [4.78, 5) is 22.1. The minimum atomic E-state index is -0.312. The van der Waals surface area contributed by atoms with Crippen LogP contribution in [0.4, 0.5) is 14.9 Å². The van der Waals surface area contributed by atoms with Crippen molar-refractivity contribution in [2.45, 2.75) is 26.4 Å². The number of rotatable bonds is 5. The van der Waals surface area contributed by atoms with Gasteiger partial charge in [-0.25, -0.2) is 14.2 Å². The monoisotopic (exact) mass is 524 g/mol. The minimum Gasteiger partial charge on any atom is -0.361 e. The Kier molecular flexibility index (Phi) is 6.04. The quantitative estimate of drug-likeness (QED) is 0.241. The van der Waals surface area contributed by atoms with Gasteiger partial charge >= 0.3 is 6.03 Å². The zero-order valence-corrected chi connectivity index (χ0v) is 22.0. The van der Waals surface area contributed by atoms with Gasteiger partial charge in [0.2, 0.25) is 0 Å². The molecule has 8 heteroatoms. The molecule has 0 saturated heterocycles. The number of thiazole rings is 1. The van der Waals surface area contributed by atoms with Gasteiger partial charge in [-0.1, -0.05) is 41.6 Å². The highest BCUT2D eigenvalue weighted by Crippen LogP contribution is 2.43. The summed E-state index contributed by atoms with van der Waals surface area (Å²) in [5.74, 6) is 0.471. The number of aryl methyl sites for hydroxylation is 2. The number of carbonyl (C=O) groups is 1. The number of halogens is 1. The summed E-state index contributed by atoms with van der Waals surface area (Å²) < 4.78 is 18.8. The lowest BCUT2D eigenvalue weighted by Gasteiger charge is -2.41. The average molecular weight is 525 g/mol. The molecule has 0 bridgehead atoms. The molecule has 2 amide bonds. The second kappa shape index (κ2) is 9.54. The molecule has 3 aromatic carbocycles. The van der Waals surface area contributed by atoms with E-state index < -0.39 is 0 Å². The van der Waals surface area contributed by atoms with Crippen molar-refractivity contribution < 1.29 is 13.7 Å². The average Bonchev–Trinajstić information content (AvgIpc) is 3.53. The number of aromatic nitrogens is 2. The number of hydrogen-bond acceptors (Lipinski definition) is 5. The lowest BCUT2D eigenvalue weighted by Crippen LogP contribution is -2.47. The number of fused-ring (bicyclic) bond motifs is 1. The Morgan fingerprint density at radius 2 is 1.74 bits per heavy atom. The van der Waals surface area contributed by atoms with Crippen LogP contribution in [-0.2, 0) is 6.54 Å². The van der Waals surface area contributed by atoms with Crippen LogP contribution in [0.1, 0.15) is 33.6 Å². The van der Waals surface area contributed by atoms with Crippen molar-refractivity contribution in [3.8, 4) is 22.4 Å². The van der Waals surface area contributed by atoms with E-state index in [9.17, 15) is 9.18 Å². The number of nitrogens with zero attached hydrogens (tertiary/aromatic N) is 4. The molecule has 3 heterocycles. The molecule has 2 aromatic heterocycles. The molecule has 0 N–H and O–H groups in total. The van der Waals surface area contributed by atoms with Gasteiger partial charge < -0.3 is 9.42 Å². The van der Waals surface area contributed by atoms with Crippen LogP contribution in [0.3, 0.4) is 0 Å². The Balaban J connectivity index is 1.44. The van der Waals surface area contributed by atoms with Gasteiger partial charge in [0.15, 0.2) is 0 Å². The van der Waals surface area contributed by atoms with Crippen molar-refractivity contribution in [1.29, 1.82) is 0 Å². The summed E-state index contributed by atoms with van der Waals surface area (Å²) in [6.45, 7) is 4.18. The third-order valence-electron chi connectivity index (χ3n) is 6.96. The second-order valence-corrected chi connectivity index (χ2v) is 10.3. The van der Waals surface area contributed by atoms with Crippen LogP contribution in [0.25, 0.3) is 22.4 Å². The van der Waals surface area contributed by atoms with Crippen molar-refractivity contribution in [1.82, 2.24) is 15.0 Å². The summed E-state index contributed by atoms with van der Waals surface area (Å²) in [7, 11) is 1.80. The Morgan fingerprint density at radius 3 is 2.45 bits per heavy atom. The smallest absolute Gasteiger partial charge is 0.325 e. The van der Waals surface area contributed by atoms with Crippen LogP contribution in [-0.4, -0.2) is 28.1 Å². The first-order valence-electron chi connectivity index (χ1n) is 12.3. The molecule has 6 rings (SSSR count). The summed E-state index contributed by atoms with van der Waals surface area (Å²) in [5.41, 5.74) is 7.29. The molecule has 38 heavy (non-hydrogen) atoms. The van der Waals surface area contributed by atoms with Crippen LogP contribution in [0.2, 0.25) is 0 Å². The van der Waals surface area contributed by atoms with Crippen LogP contribution >= 0.6 is 11.3 Å². The topological polar surface area (TPSA) is 62.5 Å². The zero-order valence-electron chi connectivity index (χ0n) is 21.2. The molecule has 190 valence electrons. The Morgan fingerprint density at radius 1 is 1.00 bits per heavy atom. The van der Waals surface area contributed by atoms with Crippen LogP contribution in [0.5, 0.6) is 0 Å². The fourth-order valence-electron chi connectivity index (χ4n) is 5.14. The number of benzene rings is 3.